The van der Waals surface area contributed by atoms with E-state index in [1.54, 1.807) is 14.2 Å². The summed E-state index contributed by atoms with van der Waals surface area (Å²) in [5, 5.41) is 12.6. The first kappa shape index (κ1) is 19.6. The first-order valence-corrected chi connectivity index (χ1v) is 9.95. The van der Waals surface area contributed by atoms with Crippen LogP contribution in [0.5, 0.6) is 5.75 Å². The van der Waals surface area contributed by atoms with Crippen LogP contribution < -0.4 is 15.4 Å². The molecule has 0 atom stereocenters. The van der Waals surface area contributed by atoms with Crippen LogP contribution in [0, 0.1) is 0 Å². The van der Waals surface area contributed by atoms with Crippen LogP contribution in [0.25, 0.3) is 16.6 Å². The van der Waals surface area contributed by atoms with Crippen molar-refractivity contribution in [2.45, 2.75) is 13.0 Å². The summed E-state index contributed by atoms with van der Waals surface area (Å²) in [7, 11) is 3.44. The molecule has 4 aromatic rings. The van der Waals surface area contributed by atoms with E-state index in [2.05, 4.69) is 50.1 Å². The highest BCUT2D eigenvalue weighted by Crippen LogP contribution is 2.17. The summed E-state index contributed by atoms with van der Waals surface area (Å²) >= 11 is 0. The second kappa shape index (κ2) is 9.17. The van der Waals surface area contributed by atoms with Crippen LogP contribution in [0.15, 0.2) is 72.0 Å². The molecule has 0 aliphatic rings. The summed E-state index contributed by atoms with van der Waals surface area (Å²) in [6.45, 7) is 1.39. The minimum absolute atomic E-state index is 0.593. The highest BCUT2D eigenvalue weighted by Gasteiger charge is 2.05. The number of methoxy groups -OCH3 is 1. The molecule has 3 N–H and O–H groups in total. The lowest BCUT2D eigenvalue weighted by molar-refractivity contribution is 0.414. The van der Waals surface area contributed by atoms with Crippen molar-refractivity contribution < 1.29 is 4.74 Å². The van der Waals surface area contributed by atoms with Crippen LogP contribution in [0.4, 0.5) is 0 Å². The van der Waals surface area contributed by atoms with Crippen LogP contribution >= 0.6 is 0 Å². The fraction of sp³-hybridized carbons (Fsp3) is 0.217. The molecule has 0 fully saturated rings. The number of para-hydroxylation sites is 1. The van der Waals surface area contributed by atoms with E-state index >= 15 is 0 Å². The SMILES string of the molecule is CN=C(NCCc1c[nH]c2ccccc12)NCc1ccn(-c2ccc(OC)cc2)n1. The molecule has 30 heavy (non-hydrogen) atoms. The van der Waals surface area contributed by atoms with Crippen LogP contribution in [0.3, 0.4) is 0 Å². The van der Waals surface area contributed by atoms with Crippen molar-refractivity contribution in [3.05, 3.63) is 78.2 Å². The van der Waals surface area contributed by atoms with Crippen molar-refractivity contribution in [2.24, 2.45) is 4.99 Å². The molecule has 0 aliphatic heterocycles. The van der Waals surface area contributed by atoms with E-state index in [9.17, 15) is 0 Å². The highest BCUT2D eigenvalue weighted by molar-refractivity contribution is 5.83. The molecule has 0 radical (unpaired) electrons. The molecule has 154 valence electrons. The standard InChI is InChI=1S/C23H26N6O/c1-24-23(25-13-11-17-15-26-22-6-4-3-5-21(17)22)27-16-18-12-14-29(28-18)19-7-9-20(30-2)10-8-19/h3-10,12,14-15,26H,11,13,16H2,1-2H3,(H2,24,25,27). The number of hydrogen-bond donors (Lipinski definition) is 3. The number of rotatable bonds is 7. The van der Waals surface area contributed by atoms with Gasteiger partial charge in [-0.15, -0.1) is 0 Å². The number of nitrogens with one attached hydrogen (secondary N) is 3. The maximum atomic E-state index is 5.20. The normalized spacial score (nSPS) is 11.6. The average Bonchev–Trinajstić information content (AvgIpc) is 3.43. The van der Waals surface area contributed by atoms with Gasteiger partial charge in [-0.1, -0.05) is 18.2 Å². The third-order valence-electron chi connectivity index (χ3n) is 5.00. The van der Waals surface area contributed by atoms with Crippen molar-refractivity contribution in [3.8, 4) is 11.4 Å². The summed E-state index contributed by atoms with van der Waals surface area (Å²) < 4.78 is 7.05. The van der Waals surface area contributed by atoms with Gasteiger partial charge in [0.05, 0.1) is 25.0 Å². The molecule has 2 heterocycles. The maximum absolute atomic E-state index is 5.20. The van der Waals surface area contributed by atoms with Gasteiger partial charge in [0, 0.05) is 36.9 Å². The van der Waals surface area contributed by atoms with Gasteiger partial charge in [0.1, 0.15) is 5.75 Å². The quantitative estimate of drug-likeness (QED) is 0.327. The number of benzene rings is 2. The lowest BCUT2D eigenvalue weighted by Gasteiger charge is -2.10. The van der Waals surface area contributed by atoms with E-state index in [0.717, 1.165) is 36.1 Å². The van der Waals surface area contributed by atoms with Crippen molar-refractivity contribution >= 4 is 16.9 Å². The predicted molar refractivity (Wildman–Crippen MR) is 120 cm³/mol. The van der Waals surface area contributed by atoms with Crippen LogP contribution in [0.1, 0.15) is 11.3 Å². The molecule has 2 aromatic carbocycles. The number of fused-ring (bicyclic) bond motifs is 1. The van der Waals surface area contributed by atoms with Crippen molar-refractivity contribution in [2.75, 3.05) is 20.7 Å². The Morgan fingerprint density at radius 3 is 2.73 bits per heavy atom. The predicted octanol–water partition coefficient (Wildman–Crippen LogP) is 3.27. The van der Waals surface area contributed by atoms with Gasteiger partial charge < -0.3 is 20.4 Å². The molecule has 0 aliphatic carbocycles. The number of guanidine groups is 1. The van der Waals surface area contributed by atoms with Crippen LogP contribution in [-0.4, -0.2) is 41.4 Å². The Labute approximate surface area is 175 Å². The van der Waals surface area contributed by atoms with E-state index in [1.165, 1.54) is 16.5 Å². The molecule has 0 unspecified atom stereocenters. The molecule has 0 amide bonds. The zero-order valence-corrected chi connectivity index (χ0v) is 17.2. The van der Waals surface area contributed by atoms with Gasteiger partial charge in [-0.3, -0.25) is 4.99 Å². The number of aliphatic imine (C=N–C) groups is 1. The molecule has 0 bridgehead atoms. The summed E-state index contributed by atoms with van der Waals surface area (Å²) in [6, 6.07) is 18.2. The molecule has 0 saturated carbocycles. The second-order valence-corrected chi connectivity index (χ2v) is 6.91. The molecule has 0 spiro atoms. The fourth-order valence-electron chi connectivity index (χ4n) is 3.38. The monoisotopic (exact) mass is 402 g/mol. The minimum Gasteiger partial charge on any atom is -0.497 e. The van der Waals surface area contributed by atoms with Gasteiger partial charge in [0.15, 0.2) is 5.96 Å². The second-order valence-electron chi connectivity index (χ2n) is 6.91. The first-order chi connectivity index (χ1) is 14.8. The Kier molecular flexibility index (Phi) is 5.98. The van der Waals surface area contributed by atoms with E-state index in [0.29, 0.717) is 6.54 Å². The number of hydrogen-bond acceptors (Lipinski definition) is 3. The molecule has 2 aromatic heterocycles. The molecular formula is C23H26N6O. The molecule has 4 rings (SSSR count). The maximum Gasteiger partial charge on any atom is 0.191 e. The molecular weight excluding hydrogens is 376 g/mol. The number of nitrogens with zero attached hydrogens (tertiary/aromatic N) is 3. The van der Waals surface area contributed by atoms with Gasteiger partial charge in [0.25, 0.3) is 0 Å². The topological polar surface area (TPSA) is 79.3 Å². The zero-order chi connectivity index (χ0) is 20.8. The number of aromatic nitrogens is 3. The van der Waals surface area contributed by atoms with Crippen LogP contribution in [0.2, 0.25) is 0 Å². The van der Waals surface area contributed by atoms with E-state index in [1.807, 2.05) is 47.3 Å². The van der Waals surface area contributed by atoms with Gasteiger partial charge in [-0.2, -0.15) is 5.10 Å². The van der Waals surface area contributed by atoms with Crippen molar-refractivity contribution in [1.29, 1.82) is 0 Å². The average molecular weight is 403 g/mol. The van der Waals surface area contributed by atoms with Gasteiger partial charge in [-0.05, 0) is 48.4 Å². The largest absolute Gasteiger partial charge is 0.497 e. The number of H-pyrrole nitrogens is 1. The Bertz CT molecular complexity index is 1130. The Morgan fingerprint density at radius 1 is 1.10 bits per heavy atom. The van der Waals surface area contributed by atoms with Crippen LogP contribution in [-0.2, 0) is 13.0 Å². The van der Waals surface area contributed by atoms with E-state index in [4.69, 9.17) is 4.74 Å². The molecule has 7 heteroatoms. The Morgan fingerprint density at radius 2 is 1.93 bits per heavy atom. The zero-order valence-electron chi connectivity index (χ0n) is 17.2. The van der Waals surface area contributed by atoms with Gasteiger partial charge in [0.2, 0.25) is 0 Å². The van der Waals surface area contributed by atoms with E-state index in [-0.39, 0.29) is 0 Å². The first-order valence-electron chi connectivity index (χ1n) is 9.95. The lowest BCUT2D eigenvalue weighted by atomic mass is 10.1. The molecule has 7 nitrogen and oxygen atoms in total. The van der Waals surface area contributed by atoms with Crippen molar-refractivity contribution in [1.82, 2.24) is 25.4 Å². The number of ether oxygens (including phenoxy) is 1. The third-order valence-corrected chi connectivity index (χ3v) is 5.00. The Balaban J connectivity index is 1.29. The van der Waals surface area contributed by atoms with Gasteiger partial charge in [-0.25, -0.2) is 4.68 Å². The highest BCUT2D eigenvalue weighted by atomic mass is 16.5. The minimum atomic E-state index is 0.593. The summed E-state index contributed by atoms with van der Waals surface area (Å²) in [5.74, 6) is 1.59. The third kappa shape index (κ3) is 4.46. The Hall–Kier alpha value is -3.74. The lowest BCUT2D eigenvalue weighted by Crippen LogP contribution is -2.37. The summed E-state index contributed by atoms with van der Waals surface area (Å²) in [5.41, 5.74) is 4.39. The van der Waals surface area contributed by atoms with E-state index < -0.39 is 0 Å². The number of aromatic amines is 1. The smallest absolute Gasteiger partial charge is 0.191 e. The molecule has 0 saturated heterocycles. The van der Waals surface area contributed by atoms with Crippen molar-refractivity contribution in [3.63, 3.8) is 0 Å². The van der Waals surface area contributed by atoms with Gasteiger partial charge >= 0.3 is 0 Å². The fourth-order valence-corrected chi connectivity index (χ4v) is 3.38. The summed E-state index contributed by atoms with van der Waals surface area (Å²) in [4.78, 5) is 7.62. The summed E-state index contributed by atoms with van der Waals surface area (Å²) in [6.07, 6.45) is 4.94.